The van der Waals surface area contributed by atoms with E-state index in [1.165, 1.54) is 30.0 Å². The van der Waals surface area contributed by atoms with Gasteiger partial charge in [-0.05, 0) is 30.3 Å². The molecule has 0 spiro atoms. The van der Waals surface area contributed by atoms with Crippen molar-refractivity contribution in [3.63, 3.8) is 0 Å². The lowest BCUT2D eigenvalue weighted by atomic mass is 10.0. The number of aromatic amines is 1. The van der Waals surface area contributed by atoms with Crippen LogP contribution < -0.4 is 10.7 Å². The molecule has 0 bridgehead atoms. The molecule has 4 nitrogen and oxygen atoms in total. The number of pyridine rings is 1. The smallest absolute Gasteiger partial charge is 0.256 e. The molecule has 1 amide bonds. The fourth-order valence-corrected chi connectivity index (χ4v) is 3.08. The molecule has 17 heavy (non-hydrogen) atoms. The van der Waals surface area contributed by atoms with Crippen LogP contribution in [0.1, 0.15) is 23.2 Å². The van der Waals surface area contributed by atoms with Gasteiger partial charge < -0.3 is 10.3 Å². The highest BCUT2D eigenvalue weighted by Gasteiger charge is 2.16. The van der Waals surface area contributed by atoms with Crippen molar-refractivity contribution in [3.8, 4) is 0 Å². The van der Waals surface area contributed by atoms with E-state index in [4.69, 9.17) is 0 Å². The summed E-state index contributed by atoms with van der Waals surface area (Å²) < 4.78 is 0. The fourth-order valence-electron chi connectivity index (χ4n) is 1.88. The number of thioether (sulfide) groups is 1. The quantitative estimate of drug-likeness (QED) is 0.851. The van der Waals surface area contributed by atoms with Gasteiger partial charge in [0.15, 0.2) is 5.43 Å². The van der Waals surface area contributed by atoms with E-state index >= 15 is 0 Å². The lowest BCUT2D eigenvalue weighted by Crippen LogP contribution is -2.33. The third-order valence-electron chi connectivity index (χ3n) is 2.96. The average molecular weight is 252 g/mol. The highest BCUT2D eigenvalue weighted by Crippen LogP contribution is 2.21. The molecule has 1 aromatic heterocycles. The Morgan fingerprint density at radius 1 is 1.47 bits per heavy atom. The number of amides is 1. The van der Waals surface area contributed by atoms with Crippen LogP contribution in [0.4, 0.5) is 0 Å². The van der Waals surface area contributed by atoms with Crippen LogP contribution in [-0.2, 0) is 0 Å². The summed E-state index contributed by atoms with van der Waals surface area (Å²) in [7, 11) is 0. The molecule has 5 heteroatoms. The lowest BCUT2D eigenvalue weighted by molar-refractivity contribution is 0.0945. The number of rotatable bonds is 3. The fraction of sp³-hybridized carbons (Fsp3) is 0.500. The predicted octanol–water partition coefficient (Wildman–Crippen LogP) is 1.25. The molecule has 1 fully saturated rings. The molecular weight excluding hydrogens is 236 g/mol. The second-order valence-electron chi connectivity index (χ2n) is 4.19. The monoisotopic (exact) mass is 252 g/mol. The van der Waals surface area contributed by atoms with Crippen LogP contribution in [0.25, 0.3) is 0 Å². The Balaban J connectivity index is 1.89. The van der Waals surface area contributed by atoms with Crippen LogP contribution in [-0.4, -0.2) is 28.9 Å². The Labute approximate surface area is 104 Å². The van der Waals surface area contributed by atoms with Crippen LogP contribution in [0.2, 0.25) is 0 Å². The molecule has 2 rings (SSSR count). The van der Waals surface area contributed by atoms with Gasteiger partial charge in [0, 0.05) is 25.0 Å². The molecule has 0 unspecified atom stereocenters. The largest absolute Gasteiger partial charge is 0.367 e. The standard InChI is InChI=1S/C12H16N2O2S/c15-11-1-4-13-8-10(11)12(16)14-7-9-2-5-17-6-3-9/h1,4,8-9H,2-3,5-7H2,(H,13,15)(H,14,16). The molecular formula is C12H16N2O2S. The number of hydrogen-bond acceptors (Lipinski definition) is 3. The van der Waals surface area contributed by atoms with Gasteiger partial charge in [-0.3, -0.25) is 9.59 Å². The average Bonchev–Trinajstić information content (AvgIpc) is 2.38. The van der Waals surface area contributed by atoms with Crippen molar-refractivity contribution in [2.75, 3.05) is 18.1 Å². The zero-order valence-electron chi connectivity index (χ0n) is 9.57. The number of carbonyl (C=O) groups is 1. The van der Waals surface area contributed by atoms with Crippen molar-refractivity contribution < 1.29 is 4.79 Å². The normalized spacial score (nSPS) is 16.7. The molecule has 0 aromatic carbocycles. The molecule has 1 aromatic rings. The van der Waals surface area contributed by atoms with E-state index in [-0.39, 0.29) is 16.9 Å². The van der Waals surface area contributed by atoms with Gasteiger partial charge >= 0.3 is 0 Å². The molecule has 1 aliphatic heterocycles. The highest BCUT2D eigenvalue weighted by molar-refractivity contribution is 7.99. The van der Waals surface area contributed by atoms with E-state index in [9.17, 15) is 9.59 Å². The molecule has 1 aliphatic rings. The van der Waals surface area contributed by atoms with Gasteiger partial charge in [-0.25, -0.2) is 0 Å². The summed E-state index contributed by atoms with van der Waals surface area (Å²) in [6.45, 7) is 0.674. The molecule has 0 radical (unpaired) electrons. The first-order valence-corrected chi connectivity index (χ1v) is 6.96. The molecule has 0 atom stereocenters. The summed E-state index contributed by atoms with van der Waals surface area (Å²) in [5.41, 5.74) is -0.0434. The van der Waals surface area contributed by atoms with Gasteiger partial charge in [-0.1, -0.05) is 0 Å². The molecule has 2 N–H and O–H groups in total. The van der Waals surface area contributed by atoms with Crippen molar-refractivity contribution in [1.82, 2.24) is 10.3 Å². The van der Waals surface area contributed by atoms with Crippen LogP contribution in [0, 0.1) is 5.92 Å². The van der Waals surface area contributed by atoms with Crippen LogP contribution in [0.15, 0.2) is 23.3 Å². The minimum absolute atomic E-state index is 0.192. The van der Waals surface area contributed by atoms with Gasteiger partial charge in [0.1, 0.15) is 5.56 Å². The summed E-state index contributed by atoms with van der Waals surface area (Å²) in [4.78, 5) is 26.0. The number of H-pyrrole nitrogens is 1. The molecule has 2 heterocycles. The minimum Gasteiger partial charge on any atom is -0.367 e. The Morgan fingerprint density at radius 2 is 2.24 bits per heavy atom. The van der Waals surface area contributed by atoms with E-state index in [0.29, 0.717) is 12.5 Å². The van der Waals surface area contributed by atoms with Gasteiger partial charge in [0.2, 0.25) is 0 Å². The van der Waals surface area contributed by atoms with Crippen LogP contribution in [0.3, 0.4) is 0 Å². The van der Waals surface area contributed by atoms with Crippen molar-refractivity contribution in [1.29, 1.82) is 0 Å². The van der Waals surface area contributed by atoms with Crippen molar-refractivity contribution in [2.24, 2.45) is 5.92 Å². The summed E-state index contributed by atoms with van der Waals surface area (Å²) in [5, 5.41) is 2.84. The van der Waals surface area contributed by atoms with E-state index in [1.807, 2.05) is 11.8 Å². The summed E-state index contributed by atoms with van der Waals surface area (Å²) in [5.74, 6) is 2.63. The second kappa shape index (κ2) is 5.91. The van der Waals surface area contributed by atoms with E-state index < -0.39 is 0 Å². The zero-order valence-corrected chi connectivity index (χ0v) is 10.4. The van der Waals surface area contributed by atoms with E-state index in [2.05, 4.69) is 10.3 Å². The second-order valence-corrected chi connectivity index (χ2v) is 5.41. The number of aromatic nitrogens is 1. The van der Waals surface area contributed by atoms with E-state index in [0.717, 1.165) is 12.8 Å². The van der Waals surface area contributed by atoms with Crippen LogP contribution >= 0.6 is 11.8 Å². The topological polar surface area (TPSA) is 62.0 Å². The first-order valence-electron chi connectivity index (χ1n) is 5.80. The lowest BCUT2D eigenvalue weighted by Gasteiger charge is -2.21. The van der Waals surface area contributed by atoms with Gasteiger partial charge in [-0.2, -0.15) is 11.8 Å². The summed E-state index contributed by atoms with van der Waals surface area (Å²) in [6, 6.07) is 1.37. The predicted molar refractivity (Wildman–Crippen MR) is 69.4 cm³/mol. The van der Waals surface area contributed by atoms with Crippen molar-refractivity contribution >= 4 is 17.7 Å². The van der Waals surface area contributed by atoms with Crippen LogP contribution in [0.5, 0.6) is 0 Å². The minimum atomic E-state index is -0.273. The third kappa shape index (κ3) is 3.36. The Bertz CT molecular complexity index is 438. The number of carbonyl (C=O) groups excluding carboxylic acids is 1. The number of hydrogen-bond donors (Lipinski definition) is 2. The summed E-state index contributed by atoms with van der Waals surface area (Å²) >= 11 is 1.96. The van der Waals surface area contributed by atoms with Crippen molar-refractivity contribution in [3.05, 3.63) is 34.2 Å². The summed E-state index contributed by atoms with van der Waals surface area (Å²) in [6.07, 6.45) is 5.28. The molecule has 92 valence electrons. The van der Waals surface area contributed by atoms with Gasteiger partial charge in [-0.15, -0.1) is 0 Å². The molecule has 0 saturated carbocycles. The third-order valence-corrected chi connectivity index (χ3v) is 4.01. The zero-order chi connectivity index (χ0) is 12.1. The first kappa shape index (κ1) is 12.2. The first-order chi connectivity index (χ1) is 8.27. The maximum absolute atomic E-state index is 11.8. The maximum atomic E-state index is 11.8. The number of nitrogens with one attached hydrogen (secondary N) is 2. The Hall–Kier alpha value is -1.23. The Kier molecular flexibility index (Phi) is 4.25. The maximum Gasteiger partial charge on any atom is 0.256 e. The highest BCUT2D eigenvalue weighted by atomic mass is 32.2. The molecule has 1 saturated heterocycles. The van der Waals surface area contributed by atoms with E-state index in [1.54, 1.807) is 0 Å². The molecule has 0 aliphatic carbocycles. The Morgan fingerprint density at radius 3 is 2.94 bits per heavy atom. The van der Waals surface area contributed by atoms with Gasteiger partial charge in [0.05, 0.1) is 0 Å². The van der Waals surface area contributed by atoms with Crippen molar-refractivity contribution in [2.45, 2.75) is 12.8 Å². The van der Waals surface area contributed by atoms with Gasteiger partial charge in [0.25, 0.3) is 5.91 Å². The SMILES string of the molecule is O=C(NCC1CCSCC1)c1c[nH]ccc1=O.